The molecule has 0 aromatic heterocycles. The van der Waals surface area contributed by atoms with E-state index in [0.717, 1.165) is 6.54 Å². The predicted octanol–water partition coefficient (Wildman–Crippen LogP) is -0.254. The van der Waals surface area contributed by atoms with Gasteiger partial charge in [-0.15, -0.1) is 0 Å². The number of nitriles is 1. The molecule has 3 nitrogen and oxygen atoms in total. The van der Waals surface area contributed by atoms with Gasteiger partial charge in [0.2, 0.25) is 0 Å². The summed E-state index contributed by atoms with van der Waals surface area (Å²) in [5.41, 5.74) is -0.214. The van der Waals surface area contributed by atoms with Gasteiger partial charge in [-0.05, 0) is 7.05 Å². The molecule has 1 N–H and O–H groups in total. The molecule has 0 saturated carbocycles. The van der Waals surface area contributed by atoms with Gasteiger partial charge in [-0.25, -0.2) is 0 Å². The lowest BCUT2D eigenvalue weighted by Gasteiger charge is -2.34. The summed E-state index contributed by atoms with van der Waals surface area (Å²) in [6.45, 7) is 1.91. The molecule has 50 valence electrons. The van der Waals surface area contributed by atoms with Crippen molar-refractivity contribution in [3.05, 3.63) is 0 Å². The molecule has 0 aromatic carbocycles. The zero-order chi connectivity index (χ0) is 6.74. The molecule has 0 unspecified atom stereocenters. The number of hydrogen-bond donors (Lipinski definition) is 1. The highest BCUT2D eigenvalue weighted by molar-refractivity contribution is 5.04. The van der Waals surface area contributed by atoms with Crippen molar-refractivity contribution in [1.29, 1.82) is 5.26 Å². The maximum absolute atomic E-state index is 8.60. The second-order valence-electron chi connectivity index (χ2n) is 2.42. The number of nitrogens with zero attached hydrogens (tertiary/aromatic N) is 1. The number of rotatable bonds is 2. The summed E-state index contributed by atoms with van der Waals surface area (Å²) < 4.78 is 4.92. The van der Waals surface area contributed by atoms with E-state index in [1.54, 1.807) is 0 Å². The van der Waals surface area contributed by atoms with Crippen molar-refractivity contribution < 1.29 is 4.74 Å². The minimum absolute atomic E-state index is 0.214. The van der Waals surface area contributed by atoms with Crippen LogP contribution in [0.15, 0.2) is 0 Å². The third kappa shape index (κ3) is 1.04. The first-order valence-electron chi connectivity index (χ1n) is 2.97. The molecule has 0 atom stereocenters. The molecule has 1 saturated heterocycles. The van der Waals surface area contributed by atoms with Gasteiger partial charge in [-0.3, -0.25) is 0 Å². The summed E-state index contributed by atoms with van der Waals surface area (Å²) in [6, 6.07) is 2.23. The van der Waals surface area contributed by atoms with E-state index in [4.69, 9.17) is 10.00 Å². The van der Waals surface area contributed by atoms with Crippen LogP contribution in [0, 0.1) is 16.7 Å². The molecule has 1 heterocycles. The van der Waals surface area contributed by atoms with Gasteiger partial charge in [-0.2, -0.15) is 5.26 Å². The quantitative estimate of drug-likeness (QED) is 0.554. The Hall–Kier alpha value is -0.590. The largest absolute Gasteiger partial charge is 0.378 e. The molecule has 3 heteroatoms. The Balaban J connectivity index is 2.40. The third-order valence-electron chi connectivity index (χ3n) is 1.51. The first kappa shape index (κ1) is 6.53. The molecular formula is C6H10N2O. The molecular weight excluding hydrogens is 116 g/mol. The lowest BCUT2D eigenvalue weighted by Crippen LogP contribution is -2.47. The van der Waals surface area contributed by atoms with Crippen LogP contribution in [0.4, 0.5) is 0 Å². The SMILES string of the molecule is CNCC1(C#N)COC1. The van der Waals surface area contributed by atoms with E-state index in [1.165, 1.54) is 0 Å². The molecule has 1 fully saturated rings. The highest BCUT2D eigenvalue weighted by Crippen LogP contribution is 2.24. The Labute approximate surface area is 54.6 Å². The van der Waals surface area contributed by atoms with Crippen LogP contribution in [0.2, 0.25) is 0 Å². The zero-order valence-corrected chi connectivity index (χ0v) is 5.48. The average Bonchev–Trinajstić information content (AvgIpc) is 1.79. The molecule has 0 amide bonds. The number of nitrogens with one attached hydrogen (secondary N) is 1. The predicted molar refractivity (Wildman–Crippen MR) is 32.8 cm³/mol. The van der Waals surface area contributed by atoms with Gasteiger partial charge in [0.1, 0.15) is 5.41 Å². The second kappa shape index (κ2) is 2.34. The minimum Gasteiger partial charge on any atom is -0.378 e. The Morgan fingerprint density at radius 2 is 2.44 bits per heavy atom. The summed E-state index contributed by atoms with van der Waals surface area (Å²) >= 11 is 0. The van der Waals surface area contributed by atoms with Crippen LogP contribution >= 0.6 is 0 Å². The van der Waals surface area contributed by atoms with Crippen molar-refractivity contribution in [3.63, 3.8) is 0 Å². The van der Waals surface area contributed by atoms with E-state index >= 15 is 0 Å². The van der Waals surface area contributed by atoms with Crippen LogP contribution in [0.5, 0.6) is 0 Å². The van der Waals surface area contributed by atoms with Gasteiger partial charge in [0.15, 0.2) is 0 Å². The average molecular weight is 126 g/mol. The Morgan fingerprint density at radius 3 is 2.56 bits per heavy atom. The molecule has 0 radical (unpaired) electrons. The molecule has 1 aliphatic rings. The Bertz CT molecular complexity index is 134. The molecule has 0 aliphatic carbocycles. The van der Waals surface area contributed by atoms with E-state index in [9.17, 15) is 0 Å². The van der Waals surface area contributed by atoms with Crippen molar-refractivity contribution >= 4 is 0 Å². The highest BCUT2D eigenvalue weighted by atomic mass is 16.5. The van der Waals surface area contributed by atoms with E-state index in [2.05, 4.69) is 11.4 Å². The summed E-state index contributed by atoms with van der Waals surface area (Å²) in [5.74, 6) is 0. The van der Waals surface area contributed by atoms with E-state index in [0.29, 0.717) is 13.2 Å². The van der Waals surface area contributed by atoms with Crippen LogP contribution in [0.25, 0.3) is 0 Å². The summed E-state index contributed by atoms with van der Waals surface area (Å²) in [4.78, 5) is 0. The van der Waals surface area contributed by atoms with Crippen molar-refractivity contribution in [2.45, 2.75) is 0 Å². The first-order valence-corrected chi connectivity index (χ1v) is 2.97. The maximum Gasteiger partial charge on any atom is 0.116 e. The second-order valence-corrected chi connectivity index (χ2v) is 2.42. The first-order chi connectivity index (χ1) is 4.33. The fourth-order valence-electron chi connectivity index (χ4n) is 0.893. The van der Waals surface area contributed by atoms with Crippen LogP contribution in [-0.4, -0.2) is 26.8 Å². The fraction of sp³-hybridized carbons (Fsp3) is 0.833. The molecule has 1 aliphatic heterocycles. The van der Waals surface area contributed by atoms with E-state index in [1.807, 2.05) is 7.05 Å². The topological polar surface area (TPSA) is 45.0 Å². The molecule has 0 spiro atoms. The van der Waals surface area contributed by atoms with Crippen molar-refractivity contribution in [1.82, 2.24) is 5.32 Å². The van der Waals surface area contributed by atoms with Crippen LogP contribution in [0.1, 0.15) is 0 Å². The van der Waals surface area contributed by atoms with Crippen LogP contribution in [-0.2, 0) is 4.74 Å². The smallest absolute Gasteiger partial charge is 0.116 e. The van der Waals surface area contributed by atoms with Gasteiger partial charge in [0.25, 0.3) is 0 Å². The Kier molecular flexibility index (Phi) is 1.70. The lowest BCUT2D eigenvalue weighted by atomic mass is 9.88. The molecule has 0 aromatic rings. The van der Waals surface area contributed by atoms with Crippen LogP contribution < -0.4 is 5.32 Å². The van der Waals surface area contributed by atoms with E-state index in [-0.39, 0.29) is 5.41 Å². The van der Waals surface area contributed by atoms with Gasteiger partial charge < -0.3 is 10.1 Å². The summed E-state index contributed by atoms with van der Waals surface area (Å²) in [5, 5.41) is 11.6. The standard InChI is InChI=1S/C6H10N2O/c1-8-3-6(2-7)4-9-5-6/h8H,3-5H2,1H3. The lowest BCUT2D eigenvalue weighted by molar-refractivity contribution is -0.0746. The monoisotopic (exact) mass is 126 g/mol. The summed E-state index contributed by atoms with van der Waals surface area (Å²) in [7, 11) is 1.84. The van der Waals surface area contributed by atoms with Crippen molar-refractivity contribution in [3.8, 4) is 6.07 Å². The number of ether oxygens (including phenoxy) is 1. The van der Waals surface area contributed by atoms with Gasteiger partial charge in [-0.1, -0.05) is 0 Å². The normalized spacial score (nSPS) is 22.2. The summed E-state index contributed by atoms with van der Waals surface area (Å²) in [6.07, 6.45) is 0. The van der Waals surface area contributed by atoms with E-state index < -0.39 is 0 Å². The maximum atomic E-state index is 8.60. The van der Waals surface area contributed by atoms with Crippen LogP contribution in [0.3, 0.4) is 0 Å². The Morgan fingerprint density at radius 1 is 1.78 bits per heavy atom. The molecule has 0 bridgehead atoms. The number of hydrogen-bond acceptors (Lipinski definition) is 3. The highest BCUT2D eigenvalue weighted by Gasteiger charge is 2.37. The minimum atomic E-state index is -0.214. The van der Waals surface area contributed by atoms with Gasteiger partial charge in [0.05, 0.1) is 19.3 Å². The third-order valence-corrected chi connectivity index (χ3v) is 1.51. The van der Waals surface area contributed by atoms with Gasteiger partial charge in [0, 0.05) is 6.54 Å². The fourth-order valence-corrected chi connectivity index (χ4v) is 0.893. The van der Waals surface area contributed by atoms with Crippen molar-refractivity contribution in [2.24, 2.45) is 5.41 Å². The van der Waals surface area contributed by atoms with Gasteiger partial charge >= 0.3 is 0 Å². The molecule has 9 heavy (non-hydrogen) atoms. The molecule has 1 rings (SSSR count). The zero-order valence-electron chi connectivity index (χ0n) is 5.48. The van der Waals surface area contributed by atoms with Crippen molar-refractivity contribution in [2.75, 3.05) is 26.8 Å².